The maximum Gasteiger partial charge on any atom is 0.151 e. The molecule has 0 unspecified atom stereocenters. The molecule has 0 radical (unpaired) electrons. The van der Waals surface area contributed by atoms with Crippen molar-refractivity contribution in [1.29, 1.82) is 0 Å². The van der Waals surface area contributed by atoms with E-state index in [-0.39, 0.29) is 0 Å². The van der Waals surface area contributed by atoms with E-state index in [9.17, 15) is 0 Å². The molecule has 0 bridgehead atoms. The molecule has 4 rings (SSSR count). The number of nitrogens with zero attached hydrogens (tertiary/aromatic N) is 5. The summed E-state index contributed by atoms with van der Waals surface area (Å²) in [6.45, 7) is 4.93. The molecule has 22 heavy (non-hydrogen) atoms. The molecule has 0 saturated carbocycles. The number of nitrogens with one attached hydrogen (secondary N) is 1. The molecule has 1 N–H and O–H groups in total. The van der Waals surface area contributed by atoms with Crippen LogP contribution in [0, 0.1) is 12.8 Å². The van der Waals surface area contributed by atoms with E-state index in [1.165, 1.54) is 17.7 Å². The van der Waals surface area contributed by atoms with Crippen LogP contribution in [0.2, 0.25) is 0 Å². The average Bonchev–Trinajstić information content (AvgIpc) is 2.93. The molecule has 3 heterocycles. The molecule has 2 aromatic heterocycles. The Kier molecular flexibility index (Phi) is 3.36. The minimum absolute atomic E-state index is 0.623. The van der Waals surface area contributed by atoms with Crippen molar-refractivity contribution in [2.24, 2.45) is 5.92 Å². The molecular weight excluding hydrogens is 276 g/mol. The average molecular weight is 296 g/mol. The lowest BCUT2D eigenvalue weighted by Gasteiger charge is -2.40. The van der Waals surface area contributed by atoms with E-state index < -0.39 is 0 Å². The summed E-state index contributed by atoms with van der Waals surface area (Å²) >= 11 is 0. The van der Waals surface area contributed by atoms with Gasteiger partial charge < -0.3 is 10.2 Å². The molecule has 1 fully saturated rings. The van der Waals surface area contributed by atoms with Crippen LogP contribution in [0.1, 0.15) is 23.4 Å². The van der Waals surface area contributed by atoms with Gasteiger partial charge in [0.25, 0.3) is 0 Å². The Morgan fingerprint density at radius 3 is 3.00 bits per heavy atom. The van der Waals surface area contributed by atoms with Gasteiger partial charge in [0.1, 0.15) is 5.82 Å². The molecule has 2 aromatic rings. The molecule has 114 valence electrons. The first kappa shape index (κ1) is 13.4. The molecule has 0 aromatic carbocycles. The number of rotatable bonds is 4. The summed E-state index contributed by atoms with van der Waals surface area (Å²) in [5.41, 5.74) is 3.52. The van der Waals surface area contributed by atoms with Gasteiger partial charge in [0.15, 0.2) is 5.82 Å². The van der Waals surface area contributed by atoms with Crippen molar-refractivity contribution < 1.29 is 0 Å². The van der Waals surface area contributed by atoms with Gasteiger partial charge in [-0.3, -0.25) is 4.98 Å². The molecule has 6 nitrogen and oxygen atoms in total. The lowest BCUT2D eigenvalue weighted by atomic mass is 10.00. The molecule has 6 heteroatoms. The summed E-state index contributed by atoms with van der Waals surface area (Å²) < 4.78 is 0. The molecule has 0 amide bonds. The van der Waals surface area contributed by atoms with E-state index >= 15 is 0 Å². The summed E-state index contributed by atoms with van der Waals surface area (Å²) in [5, 5.41) is 12.1. The van der Waals surface area contributed by atoms with E-state index in [0.717, 1.165) is 49.8 Å². The van der Waals surface area contributed by atoms with Crippen LogP contribution in [0.25, 0.3) is 0 Å². The van der Waals surface area contributed by atoms with E-state index in [1.807, 2.05) is 6.92 Å². The van der Waals surface area contributed by atoms with Crippen molar-refractivity contribution in [1.82, 2.24) is 20.2 Å². The van der Waals surface area contributed by atoms with E-state index in [4.69, 9.17) is 0 Å². The maximum atomic E-state index is 4.41. The first-order chi connectivity index (χ1) is 10.8. The highest BCUT2D eigenvalue weighted by Gasteiger charge is 2.28. The van der Waals surface area contributed by atoms with Gasteiger partial charge in [0.2, 0.25) is 0 Å². The van der Waals surface area contributed by atoms with Crippen LogP contribution in [0.15, 0.2) is 18.5 Å². The second-order valence-electron chi connectivity index (χ2n) is 6.23. The van der Waals surface area contributed by atoms with E-state index in [1.54, 1.807) is 12.4 Å². The zero-order valence-corrected chi connectivity index (χ0v) is 12.8. The first-order valence-electron chi connectivity index (χ1n) is 7.91. The van der Waals surface area contributed by atoms with Crippen molar-refractivity contribution in [3.8, 4) is 0 Å². The second-order valence-corrected chi connectivity index (χ2v) is 6.23. The molecule has 2 aliphatic rings. The van der Waals surface area contributed by atoms with Crippen LogP contribution >= 0.6 is 0 Å². The fourth-order valence-corrected chi connectivity index (χ4v) is 3.16. The molecule has 0 spiro atoms. The Hall–Kier alpha value is -2.24. The zero-order valence-electron chi connectivity index (χ0n) is 12.8. The van der Waals surface area contributed by atoms with Crippen molar-refractivity contribution in [3.05, 3.63) is 35.4 Å². The SMILES string of the molecule is Cc1cncc(NCC2CN(c3cc4c(nn3)CCC4)C2)n1. The smallest absolute Gasteiger partial charge is 0.151 e. The standard InChI is InChI=1S/C16H20N6/c1-11-6-17-8-15(19-11)18-7-12-9-22(10-12)16-5-13-3-2-4-14(13)20-21-16/h5-6,8,12H,2-4,7,9-10H2,1H3,(H,18,19). The predicted molar refractivity (Wildman–Crippen MR) is 85.0 cm³/mol. The topological polar surface area (TPSA) is 66.8 Å². The molecule has 1 saturated heterocycles. The summed E-state index contributed by atoms with van der Waals surface area (Å²) in [5.74, 6) is 2.51. The third-order valence-corrected chi connectivity index (χ3v) is 4.41. The third-order valence-electron chi connectivity index (χ3n) is 4.41. The quantitative estimate of drug-likeness (QED) is 0.924. The van der Waals surface area contributed by atoms with Crippen LogP contribution in [0.3, 0.4) is 0 Å². The van der Waals surface area contributed by atoms with Gasteiger partial charge in [-0.05, 0) is 37.8 Å². The third kappa shape index (κ3) is 2.61. The van der Waals surface area contributed by atoms with Crippen LogP contribution in [-0.4, -0.2) is 39.8 Å². The van der Waals surface area contributed by atoms with Gasteiger partial charge in [-0.25, -0.2) is 4.98 Å². The van der Waals surface area contributed by atoms with Gasteiger partial charge in [-0.2, -0.15) is 5.10 Å². The zero-order chi connectivity index (χ0) is 14.9. The Bertz CT molecular complexity index is 680. The lowest BCUT2D eigenvalue weighted by Crippen LogP contribution is -2.50. The Morgan fingerprint density at radius 1 is 1.23 bits per heavy atom. The Balaban J connectivity index is 1.31. The van der Waals surface area contributed by atoms with Crippen molar-refractivity contribution in [2.75, 3.05) is 29.9 Å². The number of aryl methyl sites for hydroxylation is 3. The van der Waals surface area contributed by atoms with Crippen molar-refractivity contribution in [3.63, 3.8) is 0 Å². The van der Waals surface area contributed by atoms with Crippen LogP contribution in [0.5, 0.6) is 0 Å². The van der Waals surface area contributed by atoms with Crippen LogP contribution in [-0.2, 0) is 12.8 Å². The van der Waals surface area contributed by atoms with Crippen molar-refractivity contribution >= 4 is 11.6 Å². The highest BCUT2D eigenvalue weighted by Crippen LogP contribution is 2.27. The lowest BCUT2D eigenvalue weighted by molar-refractivity contribution is 0.425. The van der Waals surface area contributed by atoms with E-state index in [0.29, 0.717) is 5.92 Å². The maximum absolute atomic E-state index is 4.41. The fourth-order valence-electron chi connectivity index (χ4n) is 3.16. The van der Waals surface area contributed by atoms with Crippen LogP contribution in [0.4, 0.5) is 11.6 Å². The number of hydrogen-bond donors (Lipinski definition) is 1. The van der Waals surface area contributed by atoms with E-state index in [2.05, 4.69) is 36.4 Å². The van der Waals surface area contributed by atoms with Gasteiger partial charge in [-0.15, -0.1) is 5.10 Å². The fraction of sp³-hybridized carbons (Fsp3) is 0.500. The number of hydrogen-bond acceptors (Lipinski definition) is 6. The predicted octanol–water partition coefficient (Wildman–Crippen LogP) is 1.61. The summed E-state index contributed by atoms with van der Waals surface area (Å²) in [7, 11) is 0. The minimum Gasteiger partial charge on any atom is -0.368 e. The van der Waals surface area contributed by atoms with Gasteiger partial charge >= 0.3 is 0 Å². The second kappa shape index (κ2) is 5.51. The van der Waals surface area contributed by atoms with Gasteiger partial charge in [0, 0.05) is 31.7 Å². The normalized spacial score (nSPS) is 17.2. The van der Waals surface area contributed by atoms with Gasteiger partial charge in [0.05, 0.1) is 17.6 Å². The summed E-state index contributed by atoms with van der Waals surface area (Å²) in [6.07, 6.45) is 7.01. The largest absolute Gasteiger partial charge is 0.368 e. The number of fused-ring (bicyclic) bond motifs is 1. The molecular formula is C16H20N6. The van der Waals surface area contributed by atoms with Crippen molar-refractivity contribution in [2.45, 2.75) is 26.2 Å². The monoisotopic (exact) mass is 296 g/mol. The number of aromatic nitrogens is 4. The molecule has 1 aliphatic carbocycles. The van der Waals surface area contributed by atoms with Gasteiger partial charge in [-0.1, -0.05) is 0 Å². The summed E-state index contributed by atoms with van der Waals surface area (Å²) in [6, 6.07) is 2.23. The number of anilines is 2. The Morgan fingerprint density at radius 2 is 2.14 bits per heavy atom. The highest BCUT2D eigenvalue weighted by molar-refractivity contribution is 5.45. The highest BCUT2D eigenvalue weighted by atomic mass is 15.3. The first-order valence-corrected chi connectivity index (χ1v) is 7.91. The minimum atomic E-state index is 0.623. The molecule has 0 atom stereocenters. The Labute approximate surface area is 130 Å². The molecule has 1 aliphatic heterocycles. The van der Waals surface area contributed by atoms with Crippen LogP contribution < -0.4 is 10.2 Å². The summed E-state index contributed by atoms with van der Waals surface area (Å²) in [4.78, 5) is 10.9.